The largest absolute Gasteiger partial charge is 0.418 e. The Morgan fingerprint density at radius 1 is 1.38 bits per heavy atom. The molecule has 0 radical (unpaired) electrons. The highest BCUT2D eigenvalue weighted by Gasteiger charge is 2.34. The molecule has 116 valence electrons. The lowest BCUT2D eigenvalue weighted by Crippen LogP contribution is -2.33. The first kappa shape index (κ1) is 15.6. The van der Waals surface area contributed by atoms with Crippen LogP contribution >= 0.6 is 0 Å². The number of aliphatic hydroxyl groups is 1. The second-order valence-electron chi connectivity index (χ2n) is 5.09. The van der Waals surface area contributed by atoms with Crippen molar-refractivity contribution in [2.45, 2.75) is 19.0 Å². The predicted molar refractivity (Wildman–Crippen MR) is 71.8 cm³/mol. The summed E-state index contributed by atoms with van der Waals surface area (Å²) in [6, 6.07) is 4.37. The number of para-hydroxylation sites is 1. The van der Waals surface area contributed by atoms with Crippen LogP contribution in [0.2, 0.25) is 0 Å². The molecule has 1 fully saturated rings. The van der Waals surface area contributed by atoms with Crippen molar-refractivity contribution in [2.75, 3.05) is 25.0 Å². The van der Waals surface area contributed by atoms with E-state index in [0.717, 1.165) is 12.5 Å². The van der Waals surface area contributed by atoms with Crippen molar-refractivity contribution in [1.82, 2.24) is 4.90 Å². The maximum atomic E-state index is 12.8. The minimum atomic E-state index is -4.51. The summed E-state index contributed by atoms with van der Waals surface area (Å²) in [5, 5.41) is 11.2. The third kappa shape index (κ3) is 3.87. The molecule has 1 aromatic carbocycles. The number of alkyl halides is 3. The van der Waals surface area contributed by atoms with E-state index >= 15 is 0 Å². The third-order valence-corrected chi connectivity index (χ3v) is 3.58. The molecule has 2 amide bonds. The Labute approximate surface area is 120 Å². The van der Waals surface area contributed by atoms with E-state index in [1.165, 1.54) is 23.1 Å². The fourth-order valence-electron chi connectivity index (χ4n) is 2.47. The van der Waals surface area contributed by atoms with Gasteiger partial charge >= 0.3 is 12.2 Å². The van der Waals surface area contributed by atoms with E-state index in [0.29, 0.717) is 19.5 Å². The van der Waals surface area contributed by atoms with Crippen LogP contribution in [0.25, 0.3) is 0 Å². The molecule has 21 heavy (non-hydrogen) atoms. The van der Waals surface area contributed by atoms with Crippen molar-refractivity contribution in [1.29, 1.82) is 0 Å². The number of urea groups is 1. The summed E-state index contributed by atoms with van der Waals surface area (Å²) < 4.78 is 38.5. The van der Waals surface area contributed by atoms with Crippen LogP contribution in [0.4, 0.5) is 23.7 Å². The van der Waals surface area contributed by atoms with Gasteiger partial charge in [-0.2, -0.15) is 13.2 Å². The number of halogens is 3. The summed E-state index contributed by atoms with van der Waals surface area (Å²) >= 11 is 0. The molecule has 1 aliphatic heterocycles. The van der Waals surface area contributed by atoms with Crippen LogP contribution in [0, 0.1) is 5.92 Å². The Kier molecular flexibility index (Phi) is 4.72. The van der Waals surface area contributed by atoms with E-state index in [4.69, 9.17) is 5.11 Å². The average molecular weight is 302 g/mol. The zero-order valence-electron chi connectivity index (χ0n) is 11.4. The van der Waals surface area contributed by atoms with Gasteiger partial charge in [-0.3, -0.25) is 0 Å². The zero-order chi connectivity index (χ0) is 15.5. The lowest BCUT2D eigenvalue weighted by Gasteiger charge is -2.19. The number of hydrogen-bond donors (Lipinski definition) is 2. The summed E-state index contributed by atoms with van der Waals surface area (Å²) in [5.74, 6) is 0.207. The molecule has 2 rings (SSSR count). The van der Waals surface area contributed by atoms with E-state index in [9.17, 15) is 18.0 Å². The van der Waals surface area contributed by atoms with E-state index in [-0.39, 0.29) is 18.2 Å². The highest BCUT2D eigenvalue weighted by molar-refractivity contribution is 5.90. The number of nitrogens with one attached hydrogen (secondary N) is 1. The second kappa shape index (κ2) is 6.34. The number of benzene rings is 1. The van der Waals surface area contributed by atoms with Crippen molar-refractivity contribution in [3.8, 4) is 0 Å². The van der Waals surface area contributed by atoms with Crippen molar-refractivity contribution < 1.29 is 23.1 Å². The van der Waals surface area contributed by atoms with Gasteiger partial charge < -0.3 is 15.3 Å². The standard InChI is InChI=1S/C14H17F3N2O2/c15-14(16,17)11-3-1-2-4-12(11)18-13(21)19-7-5-10(9-19)6-8-20/h1-4,10,20H,5-9H2,(H,18,21). The number of carbonyl (C=O) groups is 1. The van der Waals surface area contributed by atoms with E-state index in [1.807, 2.05) is 0 Å². The van der Waals surface area contributed by atoms with Crippen molar-refractivity contribution in [3.63, 3.8) is 0 Å². The van der Waals surface area contributed by atoms with Crippen LogP contribution in [0.1, 0.15) is 18.4 Å². The van der Waals surface area contributed by atoms with Crippen LogP contribution in [-0.2, 0) is 6.18 Å². The monoisotopic (exact) mass is 302 g/mol. The first-order valence-corrected chi connectivity index (χ1v) is 6.75. The van der Waals surface area contributed by atoms with Crippen molar-refractivity contribution in [2.24, 2.45) is 5.92 Å². The fraction of sp³-hybridized carbons (Fsp3) is 0.500. The number of carbonyl (C=O) groups excluding carboxylic acids is 1. The van der Waals surface area contributed by atoms with E-state index in [1.54, 1.807) is 0 Å². The van der Waals surface area contributed by atoms with Crippen LogP contribution in [-0.4, -0.2) is 35.7 Å². The lowest BCUT2D eigenvalue weighted by molar-refractivity contribution is -0.136. The number of likely N-dealkylation sites (tertiary alicyclic amines) is 1. The number of aliphatic hydroxyl groups excluding tert-OH is 1. The zero-order valence-corrected chi connectivity index (χ0v) is 11.4. The molecule has 0 spiro atoms. The predicted octanol–water partition coefficient (Wildman–Crippen LogP) is 2.94. The second-order valence-corrected chi connectivity index (χ2v) is 5.09. The first-order chi connectivity index (χ1) is 9.91. The van der Waals surface area contributed by atoms with Gasteiger partial charge in [-0.15, -0.1) is 0 Å². The summed E-state index contributed by atoms with van der Waals surface area (Å²) in [7, 11) is 0. The SMILES string of the molecule is O=C(Nc1ccccc1C(F)(F)F)N1CCC(CCO)C1. The Balaban J connectivity index is 2.04. The maximum Gasteiger partial charge on any atom is 0.418 e. The van der Waals surface area contributed by atoms with Gasteiger partial charge in [-0.25, -0.2) is 4.79 Å². The molecule has 7 heteroatoms. The van der Waals surface area contributed by atoms with Gasteiger partial charge in [0.2, 0.25) is 0 Å². The van der Waals surface area contributed by atoms with Gasteiger partial charge in [0.05, 0.1) is 11.3 Å². The molecule has 0 aromatic heterocycles. The van der Waals surface area contributed by atoms with Crippen LogP contribution in [0.15, 0.2) is 24.3 Å². The molecule has 1 saturated heterocycles. The van der Waals surface area contributed by atoms with Gasteiger partial charge in [0.1, 0.15) is 0 Å². The summed E-state index contributed by atoms with van der Waals surface area (Å²) in [4.78, 5) is 13.5. The molecular weight excluding hydrogens is 285 g/mol. The number of amides is 2. The van der Waals surface area contributed by atoms with Crippen LogP contribution in [0.3, 0.4) is 0 Å². The van der Waals surface area contributed by atoms with Gasteiger partial charge in [0, 0.05) is 19.7 Å². The Morgan fingerprint density at radius 2 is 2.10 bits per heavy atom. The summed E-state index contributed by atoms with van der Waals surface area (Å²) in [6.07, 6.45) is -3.15. The van der Waals surface area contributed by atoms with Gasteiger partial charge in [0.15, 0.2) is 0 Å². The topological polar surface area (TPSA) is 52.6 Å². The molecule has 4 nitrogen and oxygen atoms in total. The minimum absolute atomic E-state index is 0.0526. The molecule has 0 bridgehead atoms. The third-order valence-electron chi connectivity index (χ3n) is 3.58. The summed E-state index contributed by atoms with van der Waals surface area (Å²) in [6.45, 7) is 1.00. The number of rotatable bonds is 3. The maximum absolute atomic E-state index is 12.8. The molecule has 0 aliphatic carbocycles. The molecular formula is C14H17F3N2O2. The Morgan fingerprint density at radius 3 is 2.76 bits per heavy atom. The van der Waals surface area contributed by atoms with Gasteiger partial charge in [0.25, 0.3) is 0 Å². The van der Waals surface area contributed by atoms with Crippen LogP contribution < -0.4 is 5.32 Å². The molecule has 1 aliphatic rings. The van der Waals surface area contributed by atoms with Crippen molar-refractivity contribution >= 4 is 11.7 Å². The molecule has 2 N–H and O–H groups in total. The lowest BCUT2D eigenvalue weighted by atomic mass is 10.1. The first-order valence-electron chi connectivity index (χ1n) is 6.75. The molecule has 1 heterocycles. The van der Waals surface area contributed by atoms with Gasteiger partial charge in [-0.1, -0.05) is 12.1 Å². The fourth-order valence-corrected chi connectivity index (χ4v) is 2.47. The highest BCUT2D eigenvalue weighted by atomic mass is 19.4. The molecule has 1 aromatic rings. The van der Waals surface area contributed by atoms with Crippen molar-refractivity contribution in [3.05, 3.63) is 29.8 Å². The Hall–Kier alpha value is -1.76. The van der Waals surface area contributed by atoms with E-state index < -0.39 is 17.8 Å². The highest BCUT2D eigenvalue weighted by Crippen LogP contribution is 2.34. The average Bonchev–Trinajstić information content (AvgIpc) is 2.87. The quantitative estimate of drug-likeness (QED) is 0.902. The molecule has 0 saturated carbocycles. The number of anilines is 1. The normalized spacial score (nSPS) is 18.9. The Bertz CT molecular complexity index is 505. The van der Waals surface area contributed by atoms with Crippen LogP contribution in [0.5, 0.6) is 0 Å². The number of nitrogens with zero attached hydrogens (tertiary/aromatic N) is 1. The molecule has 1 unspecified atom stereocenters. The smallest absolute Gasteiger partial charge is 0.396 e. The van der Waals surface area contributed by atoms with E-state index in [2.05, 4.69) is 5.32 Å². The number of hydrogen-bond acceptors (Lipinski definition) is 2. The minimum Gasteiger partial charge on any atom is -0.396 e. The summed E-state index contributed by atoms with van der Waals surface area (Å²) in [5.41, 5.74) is -1.09. The van der Waals surface area contributed by atoms with Gasteiger partial charge in [-0.05, 0) is 30.9 Å². The molecule has 1 atom stereocenters.